The van der Waals surface area contributed by atoms with E-state index in [4.69, 9.17) is 4.74 Å². The van der Waals surface area contributed by atoms with Crippen molar-refractivity contribution in [1.29, 1.82) is 0 Å². The summed E-state index contributed by atoms with van der Waals surface area (Å²) in [5.74, 6) is 0. The lowest BCUT2D eigenvalue weighted by Crippen LogP contribution is -2.19. The van der Waals surface area contributed by atoms with Crippen LogP contribution in [0, 0.1) is 13.8 Å². The van der Waals surface area contributed by atoms with E-state index in [-0.39, 0.29) is 0 Å². The molecule has 0 atom stereocenters. The van der Waals surface area contributed by atoms with Crippen molar-refractivity contribution in [3.05, 3.63) is 17.0 Å². The van der Waals surface area contributed by atoms with Crippen molar-refractivity contribution in [3.8, 4) is 0 Å². The van der Waals surface area contributed by atoms with Gasteiger partial charge in [0.05, 0.1) is 5.69 Å². The number of aromatic nitrogens is 2. The molecule has 0 radical (unpaired) electrons. The van der Waals surface area contributed by atoms with E-state index in [0.717, 1.165) is 45.0 Å². The Morgan fingerprint density at radius 1 is 1.32 bits per heavy atom. The molecule has 1 N–H and O–H groups in total. The maximum atomic E-state index is 5.08. The van der Waals surface area contributed by atoms with Crippen LogP contribution in [0.5, 0.6) is 0 Å². The number of nitrogens with zero attached hydrogens (tertiary/aromatic N) is 2. The molecule has 0 aliphatic heterocycles. The number of hydrogen-bond donors (Lipinski definition) is 1. The molecule has 0 aromatic carbocycles. The molecule has 108 valence electrons. The van der Waals surface area contributed by atoms with Gasteiger partial charge in [-0.2, -0.15) is 5.10 Å². The SMILES string of the molecule is COCCCCn1nc(C)c(CCNC2CC2)c1C. The van der Waals surface area contributed by atoms with Gasteiger partial charge in [0.1, 0.15) is 0 Å². The van der Waals surface area contributed by atoms with Gasteiger partial charge >= 0.3 is 0 Å². The highest BCUT2D eigenvalue weighted by Crippen LogP contribution is 2.19. The smallest absolute Gasteiger partial charge is 0.0628 e. The van der Waals surface area contributed by atoms with Gasteiger partial charge in [0.25, 0.3) is 0 Å². The van der Waals surface area contributed by atoms with Crippen molar-refractivity contribution < 1.29 is 4.74 Å². The summed E-state index contributed by atoms with van der Waals surface area (Å²) in [6.07, 6.45) is 6.06. The maximum Gasteiger partial charge on any atom is 0.0628 e. The predicted octanol–water partition coefficient (Wildman–Crippen LogP) is 2.22. The van der Waals surface area contributed by atoms with Crippen LogP contribution in [0.2, 0.25) is 0 Å². The molecule has 19 heavy (non-hydrogen) atoms. The number of ether oxygens (including phenoxy) is 1. The number of aryl methyl sites for hydroxylation is 2. The van der Waals surface area contributed by atoms with Gasteiger partial charge in [-0.3, -0.25) is 4.68 Å². The minimum atomic E-state index is 0.796. The van der Waals surface area contributed by atoms with Crippen molar-refractivity contribution in [2.24, 2.45) is 0 Å². The highest BCUT2D eigenvalue weighted by atomic mass is 16.5. The van der Waals surface area contributed by atoms with Crippen LogP contribution in [-0.2, 0) is 17.7 Å². The highest BCUT2D eigenvalue weighted by Gasteiger charge is 2.20. The molecule has 1 aliphatic carbocycles. The topological polar surface area (TPSA) is 39.1 Å². The number of rotatable bonds is 9. The van der Waals surface area contributed by atoms with Gasteiger partial charge in [0, 0.05) is 32.0 Å². The first-order chi connectivity index (χ1) is 9.22. The average molecular weight is 265 g/mol. The van der Waals surface area contributed by atoms with E-state index in [1.54, 1.807) is 7.11 Å². The van der Waals surface area contributed by atoms with Crippen LogP contribution in [0.4, 0.5) is 0 Å². The third-order valence-corrected chi connectivity index (χ3v) is 3.89. The lowest BCUT2D eigenvalue weighted by atomic mass is 10.1. The van der Waals surface area contributed by atoms with E-state index < -0.39 is 0 Å². The molecule has 1 saturated carbocycles. The predicted molar refractivity (Wildman–Crippen MR) is 77.5 cm³/mol. The number of nitrogens with one attached hydrogen (secondary N) is 1. The summed E-state index contributed by atoms with van der Waals surface area (Å²) in [4.78, 5) is 0. The van der Waals surface area contributed by atoms with Gasteiger partial charge in [-0.25, -0.2) is 0 Å². The molecule has 1 aliphatic rings. The van der Waals surface area contributed by atoms with Crippen LogP contribution < -0.4 is 5.32 Å². The molecule has 0 saturated heterocycles. The van der Waals surface area contributed by atoms with Gasteiger partial charge in [-0.1, -0.05) is 0 Å². The Morgan fingerprint density at radius 3 is 2.79 bits per heavy atom. The standard InChI is InChI=1S/C15H27N3O/c1-12-15(8-9-16-14-6-7-14)13(2)18(17-12)10-4-5-11-19-3/h14,16H,4-11H2,1-3H3. The van der Waals surface area contributed by atoms with E-state index in [0.29, 0.717) is 0 Å². The summed E-state index contributed by atoms with van der Waals surface area (Å²) in [5.41, 5.74) is 3.97. The molecule has 0 unspecified atom stereocenters. The third-order valence-electron chi connectivity index (χ3n) is 3.89. The minimum Gasteiger partial charge on any atom is -0.385 e. The molecule has 4 nitrogen and oxygen atoms in total. The summed E-state index contributed by atoms with van der Waals surface area (Å²) in [7, 11) is 1.76. The van der Waals surface area contributed by atoms with Gasteiger partial charge in [0.2, 0.25) is 0 Å². The molecular weight excluding hydrogens is 238 g/mol. The van der Waals surface area contributed by atoms with E-state index in [2.05, 4.69) is 28.9 Å². The minimum absolute atomic E-state index is 0.796. The van der Waals surface area contributed by atoms with Crippen LogP contribution in [0.15, 0.2) is 0 Å². The molecular formula is C15H27N3O. The Labute approximate surface area is 116 Å². The Balaban J connectivity index is 1.82. The van der Waals surface area contributed by atoms with Crippen molar-refractivity contribution in [2.45, 2.75) is 58.5 Å². The molecule has 1 aromatic heterocycles. The zero-order valence-electron chi connectivity index (χ0n) is 12.5. The Hall–Kier alpha value is -0.870. The fourth-order valence-electron chi connectivity index (χ4n) is 2.51. The molecule has 0 bridgehead atoms. The molecule has 1 aromatic rings. The zero-order chi connectivity index (χ0) is 13.7. The first kappa shape index (κ1) is 14.5. The van der Waals surface area contributed by atoms with E-state index in [1.807, 2.05) is 0 Å². The summed E-state index contributed by atoms with van der Waals surface area (Å²) in [6.45, 7) is 7.26. The first-order valence-electron chi connectivity index (χ1n) is 7.47. The summed E-state index contributed by atoms with van der Waals surface area (Å²) in [5, 5.41) is 8.24. The molecule has 0 amide bonds. The Kier molecular flexibility index (Phi) is 5.40. The van der Waals surface area contributed by atoms with Crippen molar-refractivity contribution >= 4 is 0 Å². The van der Waals surface area contributed by atoms with Crippen molar-refractivity contribution in [2.75, 3.05) is 20.3 Å². The van der Waals surface area contributed by atoms with Crippen LogP contribution in [0.25, 0.3) is 0 Å². The molecule has 4 heteroatoms. The van der Waals surface area contributed by atoms with Crippen LogP contribution in [0.1, 0.15) is 42.6 Å². The molecule has 0 spiro atoms. The molecule has 1 fully saturated rings. The third kappa shape index (κ3) is 4.32. The van der Waals surface area contributed by atoms with Crippen molar-refractivity contribution in [1.82, 2.24) is 15.1 Å². The van der Waals surface area contributed by atoms with E-state index >= 15 is 0 Å². The maximum absolute atomic E-state index is 5.08. The second-order valence-corrected chi connectivity index (χ2v) is 5.55. The van der Waals surface area contributed by atoms with Crippen LogP contribution >= 0.6 is 0 Å². The largest absolute Gasteiger partial charge is 0.385 e. The first-order valence-corrected chi connectivity index (χ1v) is 7.47. The normalized spacial score (nSPS) is 15.1. The lowest BCUT2D eigenvalue weighted by Gasteiger charge is -2.06. The van der Waals surface area contributed by atoms with Crippen molar-refractivity contribution in [3.63, 3.8) is 0 Å². The Morgan fingerprint density at radius 2 is 2.11 bits per heavy atom. The Bertz CT molecular complexity index is 396. The number of hydrogen-bond acceptors (Lipinski definition) is 3. The van der Waals surface area contributed by atoms with Gasteiger partial charge in [0.15, 0.2) is 0 Å². The second-order valence-electron chi connectivity index (χ2n) is 5.55. The average Bonchev–Trinajstić information content (AvgIpc) is 3.17. The van der Waals surface area contributed by atoms with Crippen LogP contribution in [0.3, 0.4) is 0 Å². The summed E-state index contributed by atoms with van der Waals surface area (Å²) >= 11 is 0. The number of methoxy groups -OCH3 is 1. The molecule has 2 rings (SSSR count). The summed E-state index contributed by atoms with van der Waals surface area (Å²) in [6, 6.07) is 0.796. The summed E-state index contributed by atoms with van der Waals surface area (Å²) < 4.78 is 7.25. The highest BCUT2D eigenvalue weighted by molar-refractivity contribution is 5.24. The monoisotopic (exact) mass is 265 g/mol. The molecule has 1 heterocycles. The van der Waals surface area contributed by atoms with Gasteiger partial charge < -0.3 is 10.1 Å². The van der Waals surface area contributed by atoms with Crippen LogP contribution in [-0.4, -0.2) is 36.1 Å². The second kappa shape index (κ2) is 7.06. The van der Waals surface area contributed by atoms with E-state index in [9.17, 15) is 0 Å². The zero-order valence-corrected chi connectivity index (χ0v) is 12.5. The lowest BCUT2D eigenvalue weighted by molar-refractivity contribution is 0.191. The van der Waals surface area contributed by atoms with E-state index in [1.165, 1.54) is 29.8 Å². The van der Waals surface area contributed by atoms with Gasteiger partial charge in [-0.15, -0.1) is 0 Å². The number of unbranched alkanes of at least 4 members (excludes halogenated alkanes) is 1. The fourth-order valence-corrected chi connectivity index (χ4v) is 2.51. The van der Waals surface area contributed by atoms with Gasteiger partial charge in [-0.05, 0) is 58.1 Å². The quantitative estimate of drug-likeness (QED) is 0.696. The fraction of sp³-hybridized carbons (Fsp3) is 0.800.